The van der Waals surface area contributed by atoms with Gasteiger partial charge >= 0.3 is 0 Å². The molecule has 104 valence electrons. The number of halogens is 1. The van der Waals surface area contributed by atoms with Crippen LogP contribution >= 0.6 is 11.6 Å². The fourth-order valence-corrected chi connectivity index (χ4v) is 3.27. The van der Waals surface area contributed by atoms with Crippen molar-refractivity contribution in [2.75, 3.05) is 29.9 Å². The Bertz CT molecular complexity index is 471. The Hall–Kier alpha value is -1.14. The van der Waals surface area contributed by atoms with Gasteiger partial charge in [-0.05, 0) is 37.3 Å². The molecule has 2 N–H and O–H groups in total. The Balaban J connectivity index is 1.79. The highest BCUT2D eigenvalue weighted by atomic mass is 35.5. The van der Waals surface area contributed by atoms with Crippen molar-refractivity contribution in [2.24, 2.45) is 11.8 Å². The molecule has 0 amide bonds. The molecule has 1 saturated heterocycles. The fraction of sp³-hybridized carbons (Fsp3) is 0.750. The van der Waals surface area contributed by atoms with Gasteiger partial charge in [-0.3, -0.25) is 0 Å². The van der Waals surface area contributed by atoms with E-state index in [1.54, 1.807) is 0 Å². The first-order chi connectivity index (χ1) is 9.17. The van der Waals surface area contributed by atoms with E-state index < -0.39 is 0 Å². The number of hydrogen-bond acceptors (Lipinski definition) is 6. The maximum atomic E-state index is 9.94. The Morgan fingerprint density at radius 3 is 2.89 bits per heavy atom. The van der Waals surface area contributed by atoms with E-state index in [1.165, 1.54) is 0 Å². The van der Waals surface area contributed by atoms with Gasteiger partial charge in [0, 0.05) is 25.6 Å². The van der Waals surface area contributed by atoms with Gasteiger partial charge in [0.2, 0.25) is 17.2 Å². The van der Waals surface area contributed by atoms with Gasteiger partial charge < -0.3 is 15.3 Å². The summed E-state index contributed by atoms with van der Waals surface area (Å²) in [6.45, 7) is 4.42. The molecule has 0 bridgehead atoms. The minimum Gasteiger partial charge on any atom is -0.393 e. The van der Waals surface area contributed by atoms with Crippen molar-refractivity contribution in [3.8, 4) is 0 Å². The average molecular weight is 284 g/mol. The molecule has 1 aliphatic heterocycles. The lowest BCUT2D eigenvalue weighted by Gasteiger charge is -2.18. The molecule has 7 heteroatoms. The molecule has 2 heterocycles. The summed E-state index contributed by atoms with van der Waals surface area (Å²) in [6.07, 6.45) is 1.82. The van der Waals surface area contributed by atoms with Crippen LogP contribution < -0.4 is 10.2 Å². The lowest BCUT2D eigenvalue weighted by atomic mass is 10.00. The number of aliphatic hydroxyl groups excluding tert-OH is 1. The van der Waals surface area contributed by atoms with Crippen LogP contribution in [0.15, 0.2) is 0 Å². The molecule has 2 aliphatic rings. The van der Waals surface area contributed by atoms with Gasteiger partial charge in [0.1, 0.15) is 0 Å². The van der Waals surface area contributed by atoms with Crippen LogP contribution in [0.2, 0.25) is 5.28 Å². The van der Waals surface area contributed by atoms with E-state index in [4.69, 9.17) is 11.6 Å². The molecule has 1 aliphatic carbocycles. The molecule has 6 nitrogen and oxygen atoms in total. The van der Waals surface area contributed by atoms with Gasteiger partial charge in [0.15, 0.2) is 0 Å². The highest BCUT2D eigenvalue weighted by Gasteiger charge is 2.42. The molecule has 3 atom stereocenters. The van der Waals surface area contributed by atoms with Gasteiger partial charge in [-0.2, -0.15) is 15.0 Å². The van der Waals surface area contributed by atoms with Crippen LogP contribution in [0.5, 0.6) is 0 Å². The fourth-order valence-electron chi connectivity index (χ4n) is 3.12. The Labute approximate surface area is 117 Å². The van der Waals surface area contributed by atoms with Gasteiger partial charge in [-0.1, -0.05) is 0 Å². The summed E-state index contributed by atoms with van der Waals surface area (Å²) < 4.78 is 0. The van der Waals surface area contributed by atoms with Gasteiger partial charge in [0.05, 0.1) is 6.10 Å². The topological polar surface area (TPSA) is 74.2 Å². The van der Waals surface area contributed by atoms with Crippen molar-refractivity contribution >= 4 is 23.5 Å². The van der Waals surface area contributed by atoms with Crippen LogP contribution in [0.4, 0.5) is 11.9 Å². The molecule has 0 aromatic carbocycles. The third kappa shape index (κ3) is 2.47. The lowest BCUT2D eigenvalue weighted by Crippen LogP contribution is -2.26. The number of aromatic nitrogens is 3. The summed E-state index contributed by atoms with van der Waals surface area (Å²) in [5, 5.41) is 13.2. The molecule has 2 fully saturated rings. The zero-order chi connectivity index (χ0) is 13.4. The number of anilines is 2. The summed E-state index contributed by atoms with van der Waals surface area (Å²) in [6, 6.07) is 0. The second-order valence-electron chi connectivity index (χ2n) is 5.23. The highest BCUT2D eigenvalue weighted by Crippen LogP contribution is 2.39. The van der Waals surface area contributed by atoms with E-state index in [0.717, 1.165) is 32.5 Å². The Morgan fingerprint density at radius 1 is 1.32 bits per heavy atom. The van der Waals surface area contributed by atoms with Crippen LogP contribution in [0.1, 0.15) is 19.8 Å². The SMILES string of the molecule is CCNc1nc(Cl)nc(N2CC3CCC(O)C3C2)n1. The van der Waals surface area contributed by atoms with E-state index in [2.05, 4.69) is 25.2 Å². The Kier molecular flexibility index (Phi) is 3.45. The molecular formula is C12H18ClN5O. The van der Waals surface area contributed by atoms with Gasteiger partial charge in [-0.15, -0.1) is 0 Å². The van der Waals surface area contributed by atoms with E-state index in [1.807, 2.05) is 6.92 Å². The zero-order valence-corrected chi connectivity index (χ0v) is 11.6. The first-order valence-electron chi connectivity index (χ1n) is 6.76. The van der Waals surface area contributed by atoms with Crippen molar-refractivity contribution in [3.63, 3.8) is 0 Å². The summed E-state index contributed by atoms with van der Waals surface area (Å²) in [4.78, 5) is 14.7. The number of rotatable bonds is 3. The third-order valence-electron chi connectivity index (χ3n) is 4.03. The summed E-state index contributed by atoms with van der Waals surface area (Å²) in [5.41, 5.74) is 0. The van der Waals surface area contributed by atoms with Crippen LogP contribution in [-0.4, -0.2) is 45.8 Å². The minimum absolute atomic E-state index is 0.180. The molecule has 1 saturated carbocycles. The van der Waals surface area contributed by atoms with Gasteiger partial charge in [-0.25, -0.2) is 0 Å². The van der Waals surface area contributed by atoms with E-state index in [-0.39, 0.29) is 11.4 Å². The number of nitrogens with one attached hydrogen (secondary N) is 1. The lowest BCUT2D eigenvalue weighted by molar-refractivity contribution is 0.133. The molecule has 1 aromatic heterocycles. The third-order valence-corrected chi connectivity index (χ3v) is 4.20. The van der Waals surface area contributed by atoms with Crippen LogP contribution in [-0.2, 0) is 0 Å². The Morgan fingerprint density at radius 2 is 2.16 bits per heavy atom. The van der Waals surface area contributed by atoms with Crippen LogP contribution in [0, 0.1) is 11.8 Å². The number of aliphatic hydroxyl groups is 1. The molecule has 1 aromatic rings. The molecule has 19 heavy (non-hydrogen) atoms. The van der Waals surface area contributed by atoms with E-state index in [0.29, 0.717) is 23.7 Å². The predicted molar refractivity (Wildman–Crippen MR) is 73.4 cm³/mol. The number of hydrogen-bond donors (Lipinski definition) is 2. The standard InChI is InChI=1S/C12H18ClN5O/c1-2-14-11-15-10(13)16-12(17-11)18-5-7-3-4-9(19)8(7)6-18/h7-9,19H,2-6H2,1H3,(H,14,15,16,17). The maximum Gasteiger partial charge on any atom is 0.231 e. The predicted octanol–water partition coefficient (Wildman–Crippen LogP) is 1.16. The smallest absolute Gasteiger partial charge is 0.231 e. The number of fused-ring (bicyclic) bond motifs is 1. The van der Waals surface area contributed by atoms with Crippen molar-refractivity contribution in [1.29, 1.82) is 0 Å². The van der Waals surface area contributed by atoms with Crippen molar-refractivity contribution in [2.45, 2.75) is 25.9 Å². The molecule has 0 spiro atoms. The van der Waals surface area contributed by atoms with E-state index >= 15 is 0 Å². The van der Waals surface area contributed by atoms with Crippen LogP contribution in [0.3, 0.4) is 0 Å². The second kappa shape index (κ2) is 5.09. The summed E-state index contributed by atoms with van der Waals surface area (Å²) in [5.74, 6) is 2.01. The summed E-state index contributed by atoms with van der Waals surface area (Å²) in [7, 11) is 0. The first-order valence-corrected chi connectivity index (χ1v) is 7.13. The quantitative estimate of drug-likeness (QED) is 0.867. The van der Waals surface area contributed by atoms with E-state index in [9.17, 15) is 5.11 Å². The molecular weight excluding hydrogens is 266 g/mol. The molecule has 3 rings (SSSR count). The molecule has 0 radical (unpaired) electrons. The normalized spacial score (nSPS) is 29.6. The number of nitrogens with zero attached hydrogens (tertiary/aromatic N) is 4. The van der Waals surface area contributed by atoms with Crippen molar-refractivity contribution in [1.82, 2.24) is 15.0 Å². The van der Waals surface area contributed by atoms with Gasteiger partial charge in [0.25, 0.3) is 0 Å². The summed E-state index contributed by atoms with van der Waals surface area (Å²) >= 11 is 5.94. The average Bonchev–Trinajstić information content (AvgIpc) is 2.92. The highest BCUT2D eigenvalue weighted by molar-refractivity contribution is 6.28. The largest absolute Gasteiger partial charge is 0.393 e. The zero-order valence-electron chi connectivity index (χ0n) is 10.9. The molecule has 3 unspecified atom stereocenters. The first kappa shape index (κ1) is 12.9. The maximum absolute atomic E-state index is 9.94. The van der Waals surface area contributed by atoms with Crippen molar-refractivity contribution < 1.29 is 5.11 Å². The van der Waals surface area contributed by atoms with Crippen LogP contribution in [0.25, 0.3) is 0 Å². The minimum atomic E-state index is -0.180. The van der Waals surface area contributed by atoms with Crippen molar-refractivity contribution in [3.05, 3.63) is 5.28 Å². The monoisotopic (exact) mass is 283 g/mol. The second-order valence-corrected chi connectivity index (χ2v) is 5.57.